The fourth-order valence-corrected chi connectivity index (χ4v) is 7.58. The van der Waals surface area contributed by atoms with Gasteiger partial charge in [-0.1, -0.05) is 18.6 Å². The number of methoxy groups -OCH3 is 1. The standard InChI is InChI=1S/C24H34O4/c1-16(25)23(15-26-3)10-8-21-20-5-4-17-14-24(27-12-13-28-24)11-7-18(17)19(20)6-9-22(21,23)2/h6,20-21H,4-5,7-15H2,1-3H3/t20-,21+,22+,23+/m1/s1. The van der Waals surface area contributed by atoms with Gasteiger partial charge in [-0.05, 0) is 73.8 Å². The zero-order chi connectivity index (χ0) is 19.6. The van der Waals surface area contributed by atoms with Crippen molar-refractivity contribution in [3.8, 4) is 0 Å². The SMILES string of the molecule is COC[C@]1(C(C)=O)CC[C@H]2[C@@H]3CCC4=C(CCC5(C4)OCCO5)C3=CC[C@@]21C. The molecule has 0 bridgehead atoms. The maximum absolute atomic E-state index is 12.8. The monoisotopic (exact) mass is 386 g/mol. The molecule has 1 heterocycles. The summed E-state index contributed by atoms with van der Waals surface area (Å²) < 4.78 is 17.6. The highest BCUT2D eigenvalue weighted by molar-refractivity contribution is 5.84. The Morgan fingerprint density at radius 3 is 2.71 bits per heavy atom. The van der Waals surface area contributed by atoms with Gasteiger partial charge in [-0.15, -0.1) is 0 Å². The van der Waals surface area contributed by atoms with Crippen molar-refractivity contribution in [2.45, 2.75) is 71.0 Å². The number of allylic oxidation sites excluding steroid dienone is 3. The fraction of sp³-hybridized carbons (Fsp3) is 0.792. The van der Waals surface area contributed by atoms with Gasteiger partial charge in [0, 0.05) is 20.0 Å². The molecule has 0 amide bonds. The molecule has 1 spiro atoms. The Hall–Kier alpha value is -0.970. The first kappa shape index (κ1) is 19.0. The minimum Gasteiger partial charge on any atom is -0.384 e. The predicted molar refractivity (Wildman–Crippen MR) is 107 cm³/mol. The molecule has 2 fully saturated rings. The molecule has 28 heavy (non-hydrogen) atoms. The van der Waals surface area contributed by atoms with E-state index in [4.69, 9.17) is 14.2 Å². The molecular weight excluding hydrogens is 352 g/mol. The molecule has 4 aliphatic carbocycles. The largest absolute Gasteiger partial charge is 0.384 e. The van der Waals surface area contributed by atoms with Gasteiger partial charge in [-0.2, -0.15) is 0 Å². The molecule has 1 saturated heterocycles. The van der Waals surface area contributed by atoms with Crippen molar-refractivity contribution >= 4 is 5.78 Å². The molecule has 5 rings (SSSR count). The third-order valence-corrected chi connectivity index (χ3v) is 9.07. The van der Waals surface area contributed by atoms with E-state index in [9.17, 15) is 4.79 Å². The average molecular weight is 387 g/mol. The maximum Gasteiger partial charge on any atom is 0.172 e. The van der Waals surface area contributed by atoms with Crippen LogP contribution in [0.4, 0.5) is 0 Å². The first-order chi connectivity index (χ1) is 13.4. The van der Waals surface area contributed by atoms with Crippen LogP contribution in [-0.2, 0) is 19.0 Å². The topological polar surface area (TPSA) is 44.8 Å². The van der Waals surface area contributed by atoms with Gasteiger partial charge in [0.1, 0.15) is 5.78 Å². The molecule has 0 N–H and O–H groups in total. The molecule has 0 radical (unpaired) electrons. The van der Waals surface area contributed by atoms with Crippen molar-refractivity contribution < 1.29 is 19.0 Å². The number of fused-ring (bicyclic) bond motifs is 4. The average Bonchev–Trinajstić information content (AvgIpc) is 3.25. The molecule has 0 aromatic heterocycles. The van der Waals surface area contributed by atoms with Crippen molar-refractivity contribution in [1.29, 1.82) is 0 Å². The first-order valence-corrected chi connectivity index (χ1v) is 11.1. The van der Waals surface area contributed by atoms with E-state index in [-0.39, 0.29) is 16.6 Å². The van der Waals surface area contributed by atoms with Crippen molar-refractivity contribution in [2.75, 3.05) is 26.9 Å². The van der Waals surface area contributed by atoms with Gasteiger partial charge in [0.2, 0.25) is 0 Å². The van der Waals surface area contributed by atoms with Gasteiger partial charge in [-0.3, -0.25) is 4.79 Å². The van der Waals surface area contributed by atoms with E-state index in [0.29, 0.717) is 24.2 Å². The summed E-state index contributed by atoms with van der Waals surface area (Å²) in [6, 6.07) is 0. The molecule has 5 aliphatic rings. The van der Waals surface area contributed by atoms with Crippen LogP contribution >= 0.6 is 0 Å². The number of hydrogen-bond donors (Lipinski definition) is 0. The number of Topliss-reactive ketones (excluding diaryl/α,β-unsaturated/α-hetero) is 1. The Morgan fingerprint density at radius 1 is 1.21 bits per heavy atom. The summed E-state index contributed by atoms with van der Waals surface area (Å²) in [4.78, 5) is 12.8. The summed E-state index contributed by atoms with van der Waals surface area (Å²) in [5.41, 5.74) is 4.50. The van der Waals surface area contributed by atoms with Crippen LogP contribution in [0.25, 0.3) is 0 Å². The highest BCUT2D eigenvalue weighted by Crippen LogP contribution is 2.66. The van der Waals surface area contributed by atoms with Crippen molar-refractivity contribution in [3.63, 3.8) is 0 Å². The van der Waals surface area contributed by atoms with Crippen LogP contribution in [-0.4, -0.2) is 38.5 Å². The molecule has 0 aromatic rings. The smallest absolute Gasteiger partial charge is 0.172 e. The van der Waals surface area contributed by atoms with Crippen molar-refractivity contribution in [1.82, 2.24) is 0 Å². The van der Waals surface area contributed by atoms with Crippen LogP contribution in [0.1, 0.15) is 65.2 Å². The Morgan fingerprint density at radius 2 is 2.00 bits per heavy atom. The molecule has 0 aromatic carbocycles. The minimum absolute atomic E-state index is 0.0225. The van der Waals surface area contributed by atoms with Crippen LogP contribution < -0.4 is 0 Å². The number of rotatable bonds is 3. The second-order valence-electron chi connectivity index (χ2n) is 10.0. The Balaban J connectivity index is 1.48. The van der Waals surface area contributed by atoms with Crippen LogP contribution in [0.15, 0.2) is 22.8 Å². The van der Waals surface area contributed by atoms with Crippen LogP contribution in [0, 0.1) is 22.7 Å². The lowest BCUT2D eigenvalue weighted by atomic mass is 9.52. The quantitative estimate of drug-likeness (QED) is 0.712. The Bertz CT molecular complexity index is 744. The van der Waals surface area contributed by atoms with Crippen LogP contribution in [0.5, 0.6) is 0 Å². The summed E-state index contributed by atoms with van der Waals surface area (Å²) in [5, 5.41) is 0. The first-order valence-electron chi connectivity index (χ1n) is 11.1. The van der Waals surface area contributed by atoms with E-state index in [1.165, 1.54) is 6.42 Å². The summed E-state index contributed by atoms with van der Waals surface area (Å²) >= 11 is 0. The van der Waals surface area contributed by atoms with E-state index < -0.39 is 0 Å². The summed E-state index contributed by atoms with van der Waals surface area (Å²) in [5.74, 6) is 1.19. The summed E-state index contributed by atoms with van der Waals surface area (Å²) in [6.45, 7) is 6.20. The van der Waals surface area contributed by atoms with Crippen LogP contribution in [0.3, 0.4) is 0 Å². The molecular formula is C24H34O4. The van der Waals surface area contributed by atoms with Gasteiger partial charge < -0.3 is 14.2 Å². The summed E-state index contributed by atoms with van der Waals surface area (Å²) in [6.07, 6.45) is 11.0. The van der Waals surface area contributed by atoms with Crippen LogP contribution in [0.2, 0.25) is 0 Å². The predicted octanol–water partition coefficient (Wildman–Crippen LogP) is 4.59. The third-order valence-electron chi connectivity index (χ3n) is 9.07. The van der Waals surface area contributed by atoms with E-state index in [1.807, 2.05) is 0 Å². The zero-order valence-electron chi connectivity index (χ0n) is 17.6. The van der Waals surface area contributed by atoms with Gasteiger partial charge in [-0.25, -0.2) is 0 Å². The van der Waals surface area contributed by atoms with Crippen molar-refractivity contribution in [3.05, 3.63) is 22.8 Å². The lowest BCUT2D eigenvalue weighted by Gasteiger charge is -2.52. The molecule has 4 heteroatoms. The molecule has 154 valence electrons. The highest BCUT2D eigenvalue weighted by Gasteiger charge is 2.62. The molecule has 1 aliphatic heterocycles. The molecule has 4 atom stereocenters. The van der Waals surface area contributed by atoms with E-state index in [1.54, 1.807) is 30.8 Å². The molecule has 4 nitrogen and oxygen atoms in total. The molecule has 0 unspecified atom stereocenters. The third kappa shape index (κ3) is 2.44. The minimum atomic E-state index is -0.328. The zero-order valence-corrected chi connectivity index (χ0v) is 17.6. The number of carbonyl (C=O) groups is 1. The van der Waals surface area contributed by atoms with Gasteiger partial charge >= 0.3 is 0 Å². The van der Waals surface area contributed by atoms with E-state index in [2.05, 4.69) is 13.0 Å². The number of hydrogen-bond acceptors (Lipinski definition) is 4. The Labute approximate surface area is 168 Å². The molecule has 1 saturated carbocycles. The summed E-state index contributed by atoms with van der Waals surface area (Å²) in [7, 11) is 1.74. The maximum atomic E-state index is 12.8. The second-order valence-corrected chi connectivity index (χ2v) is 10.0. The van der Waals surface area contributed by atoms with Gasteiger partial charge in [0.15, 0.2) is 5.79 Å². The van der Waals surface area contributed by atoms with Crippen molar-refractivity contribution in [2.24, 2.45) is 22.7 Å². The normalized spacial score (nSPS) is 41.5. The lowest BCUT2D eigenvalue weighted by Crippen LogP contribution is -2.50. The second kappa shape index (κ2) is 6.52. The lowest BCUT2D eigenvalue weighted by molar-refractivity contribution is -0.164. The highest BCUT2D eigenvalue weighted by atomic mass is 16.7. The number of carbonyl (C=O) groups excluding carboxylic acids is 1. The number of ether oxygens (including phenoxy) is 3. The van der Waals surface area contributed by atoms with Gasteiger partial charge in [0.05, 0.1) is 25.2 Å². The Kier molecular flexibility index (Phi) is 4.43. The van der Waals surface area contributed by atoms with E-state index in [0.717, 1.165) is 58.2 Å². The van der Waals surface area contributed by atoms with Gasteiger partial charge in [0.25, 0.3) is 0 Å². The van der Waals surface area contributed by atoms with E-state index >= 15 is 0 Å². The number of ketones is 1. The fourth-order valence-electron chi connectivity index (χ4n) is 7.58.